The zero-order valence-corrected chi connectivity index (χ0v) is 16.2. The molecule has 0 saturated heterocycles. The molecule has 3 rings (SSSR count). The van der Waals surface area contributed by atoms with Gasteiger partial charge in [0.1, 0.15) is 0 Å². The molecule has 0 bridgehead atoms. The lowest BCUT2D eigenvalue weighted by Crippen LogP contribution is -2.46. The number of halogens is 2. The molecule has 1 aromatic carbocycles. The van der Waals surface area contributed by atoms with Crippen molar-refractivity contribution in [3.63, 3.8) is 0 Å². The molecule has 1 fully saturated rings. The summed E-state index contributed by atoms with van der Waals surface area (Å²) < 4.78 is 6.70. The van der Waals surface area contributed by atoms with Gasteiger partial charge in [0.05, 0.1) is 16.3 Å². The van der Waals surface area contributed by atoms with Crippen molar-refractivity contribution in [2.24, 2.45) is 0 Å². The van der Waals surface area contributed by atoms with E-state index in [2.05, 4.69) is 37.2 Å². The highest BCUT2D eigenvalue weighted by molar-refractivity contribution is 9.10. The molecular formula is C17H16Br2N2O3. The van der Waals surface area contributed by atoms with E-state index >= 15 is 0 Å². The van der Waals surface area contributed by atoms with Gasteiger partial charge in [-0.15, -0.1) is 0 Å². The lowest BCUT2D eigenvalue weighted by Gasteiger charge is -2.24. The third kappa shape index (κ3) is 3.72. The first kappa shape index (κ1) is 17.2. The van der Waals surface area contributed by atoms with Crippen LogP contribution in [0.5, 0.6) is 0 Å². The van der Waals surface area contributed by atoms with E-state index in [-0.39, 0.29) is 23.1 Å². The molecule has 0 spiro atoms. The van der Waals surface area contributed by atoms with E-state index in [4.69, 9.17) is 4.42 Å². The average Bonchev–Trinajstić information content (AvgIpc) is 3.15. The Labute approximate surface area is 156 Å². The fourth-order valence-electron chi connectivity index (χ4n) is 2.56. The predicted octanol–water partition coefficient (Wildman–Crippen LogP) is 3.84. The van der Waals surface area contributed by atoms with Gasteiger partial charge < -0.3 is 14.6 Å². The van der Waals surface area contributed by atoms with Crippen molar-refractivity contribution < 1.29 is 14.0 Å². The van der Waals surface area contributed by atoms with Crippen LogP contribution in [0.15, 0.2) is 50.0 Å². The van der Waals surface area contributed by atoms with Crippen molar-refractivity contribution in [3.05, 3.63) is 56.9 Å². The quantitative estimate of drug-likeness (QED) is 0.744. The van der Waals surface area contributed by atoms with Crippen LogP contribution in [0.25, 0.3) is 0 Å². The van der Waals surface area contributed by atoms with E-state index in [1.165, 1.54) is 6.26 Å². The summed E-state index contributed by atoms with van der Waals surface area (Å²) in [7, 11) is 1.71. The molecular weight excluding hydrogens is 440 g/mol. The summed E-state index contributed by atoms with van der Waals surface area (Å²) in [4.78, 5) is 26.4. The Morgan fingerprint density at radius 3 is 2.62 bits per heavy atom. The number of rotatable bonds is 5. The Balaban J connectivity index is 1.65. The highest BCUT2D eigenvalue weighted by atomic mass is 79.9. The van der Waals surface area contributed by atoms with Gasteiger partial charge in [-0.3, -0.25) is 9.59 Å². The Morgan fingerprint density at radius 1 is 1.29 bits per heavy atom. The second kappa shape index (κ2) is 6.72. The van der Waals surface area contributed by atoms with E-state index in [1.807, 2.05) is 12.1 Å². The van der Waals surface area contributed by atoms with Gasteiger partial charge in [-0.25, -0.2) is 0 Å². The molecule has 2 aromatic rings. The van der Waals surface area contributed by atoms with Crippen molar-refractivity contribution in [2.75, 3.05) is 13.6 Å². The van der Waals surface area contributed by atoms with Crippen LogP contribution in [0.4, 0.5) is 0 Å². The lowest BCUT2D eigenvalue weighted by atomic mass is 10.1. The summed E-state index contributed by atoms with van der Waals surface area (Å²) in [6, 6.07) is 8.92. The van der Waals surface area contributed by atoms with Gasteiger partial charge in [-0.2, -0.15) is 0 Å². The average molecular weight is 456 g/mol. The number of nitrogens with zero attached hydrogens (tertiary/aromatic N) is 1. The predicted molar refractivity (Wildman–Crippen MR) is 96.9 cm³/mol. The van der Waals surface area contributed by atoms with E-state index in [9.17, 15) is 9.59 Å². The molecule has 0 atom stereocenters. The summed E-state index contributed by atoms with van der Waals surface area (Å²) in [5.41, 5.74) is 0.237. The number of hydrogen-bond acceptors (Lipinski definition) is 3. The zero-order chi connectivity index (χ0) is 17.3. The highest BCUT2D eigenvalue weighted by Crippen LogP contribution is 2.37. The first-order valence-electron chi connectivity index (χ1n) is 7.47. The molecule has 1 heterocycles. The van der Waals surface area contributed by atoms with Gasteiger partial charge >= 0.3 is 0 Å². The summed E-state index contributed by atoms with van der Waals surface area (Å²) >= 11 is 6.66. The maximum atomic E-state index is 12.4. The molecule has 2 amide bonds. The van der Waals surface area contributed by atoms with Crippen molar-refractivity contribution in [2.45, 2.75) is 18.4 Å². The van der Waals surface area contributed by atoms with Gasteiger partial charge in [-0.05, 0) is 53.0 Å². The molecule has 7 heteroatoms. The first-order chi connectivity index (χ1) is 11.4. The largest absolute Gasteiger partial charge is 0.458 e. The second-order valence-electron chi connectivity index (χ2n) is 6.00. The first-order valence-corrected chi connectivity index (χ1v) is 9.05. The fraction of sp³-hybridized carbons (Fsp3) is 0.294. The summed E-state index contributed by atoms with van der Waals surface area (Å²) in [5, 5.41) is 3.06. The van der Waals surface area contributed by atoms with E-state index in [1.54, 1.807) is 30.1 Å². The Bertz CT molecular complexity index is 784. The molecule has 5 nitrogen and oxygen atoms in total. The second-order valence-corrected chi connectivity index (χ2v) is 7.77. The van der Waals surface area contributed by atoms with E-state index in [0.717, 1.165) is 17.3 Å². The zero-order valence-electron chi connectivity index (χ0n) is 13.0. The topological polar surface area (TPSA) is 62.6 Å². The SMILES string of the molecule is CN(CC1(NC(=O)c2cccc(Br)c2)CC1)C(=O)c1occc1Br. The van der Waals surface area contributed by atoms with Gasteiger partial charge in [-0.1, -0.05) is 22.0 Å². The Kier molecular flexibility index (Phi) is 4.83. The molecule has 1 aliphatic carbocycles. The summed E-state index contributed by atoms with van der Waals surface area (Å²) in [5.74, 6) is -0.0738. The van der Waals surface area contributed by atoms with Gasteiger partial charge in [0, 0.05) is 23.6 Å². The minimum Gasteiger partial charge on any atom is -0.458 e. The number of hydrogen-bond donors (Lipinski definition) is 1. The van der Waals surface area contributed by atoms with E-state index in [0.29, 0.717) is 16.6 Å². The monoisotopic (exact) mass is 454 g/mol. The van der Waals surface area contributed by atoms with Crippen LogP contribution in [0, 0.1) is 0 Å². The molecule has 0 unspecified atom stereocenters. The number of nitrogens with one attached hydrogen (secondary N) is 1. The van der Waals surface area contributed by atoms with Crippen LogP contribution >= 0.6 is 31.9 Å². The maximum absolute atomic E-state index is 12.4. The smallest absolute Gasteiger partial charge is 0.290 e. The third-order valence-electron chi connectivity index (χ3n) is 4.02. The van der Waals surface area contributed by atoms with Crippen LogP contribution in [0.2, 0.25) is 0 Å². The van der Waals surface area contributed by atoms with Crippen molar-refractivity contribution in [1.29, 1.82) is 0 Å². The molecule has 126 valence electrons. The Hall–Kier alpha value is -1.60. The normalized spacial score (nSPS) is 15.0. The number of furan rings is 1. The van der Waals surface area contributed by atoms with Crippen LogP contribution in [0.3, 0.4) is 0 Å². The van der Waals surface area contributed by atoms with Crippen molar-refractivity contribution in [1.82, 2.24) is 10.2 Å². The molecule has 24 heavy (non-hydrogen) atoms. The van der Waals surface area contributed by atoms with Gasteiger partial charge in [0.25, 0.3) is 11.8 Å². The number of carbonyl (C=O) groups is 2. The van der Waals surface area contributed by atoms with Crippen molar-refractivity contribution >= 4 is 43.7 Å². The molecule has 1 aliphatic rings. The molecule has 1 saturated carbocycles. The van der Waals surface area contributed by atoms with Crippen LogP contribution < -0.4 is 5.32 Å². The minimum atomic E-state index is -0.358. The van der Waals surface area contributed by atoms with Crippen LogP contribution in [0.1, 0.15) is 33.8 Å². The van der Waals surface area contributed by atoms with Crippen LogP contribution in [-0.2, 0) is 0 Å². The number of carbonyl (C=O) groups excluding carboxylic acids is 2. The summed E-state index contributed by atoms with van der Waals surface area (Å²) in [6.07, 6.45) is 3.17. The van der Waals surface area contributed by atoms with Crippen LogP contribution in [-0.4, -0.2) is 35.8 Å². The molecule has 1 aromatic heterocycles. The molecule has 1 N–H and O–H groups in total. The lowest BCUT2D eigenvalue weighted by molar-refractivity contribution is 0.0727. The number of benzene rings is 1. The fourth-order valence-corrected chi connectivity index (χ4v) is 3.33. The number of amides is 2. The van der Waals surface area contributed by atoms with Crippen molar-refractivity contribution in [3.8, 4) is 0 Å². The summed E-state index contributed by atoms with van der Waals surface area (Å²) in [6.45, 7) is 0.443. The van der Waals surface area contributed by atoms with Gasteiger partial charge in [0.2, 0.25) is 5.76 Å². The third-order valence-corrected chi connectivity index (χ3v) is 5.13. The number of likely N-dealkylation sites (N-methyl/N-ethyl adjacent to an activating group) is 1. The molecule has 0 radical (unpaired) electrons. The van der Waals surface area contributed by atoms with Gasteiger partial charge in [0.15, 0.2) is 0 Å². The highest BCUT2D eigenvalue weighted by Gasteiger charge is 2.46. The maximum Gasteiger partial charge on any atom is 0.290 e. The minimum absolute atomic E-state index is 0.131. The standard InChI is InChI=1S/C17H16Br2N2O3/c1-21(16(23)14-13(19)5-8-24-14)10-17(6-7-17)20-15(22)11-3-2-4-12(18)9-11/h2-5,8-9H,6-7,10H2,1H3,(H,20,22). The molecule has 0 aliphatic heterocycles. The Morgan fingerprint density at radius 2 is 2.04 bits per heavy atom. The van der Waals surface area contributed by atoms with E-state index < -0.39 is 0 Å².